The zero-order valence-corrected chi connectivity index (χ0v) is 37.0. The topological polar surface area (TPSA) is 64.7 Å². The summed E-state index contributed by atoms with van der Waals surface area (Å²) < 4.78 is 15.9. The molecule has 0 saturated heterocycles. The van der Waals surface area contributed by atoms with Gasteiger partial charge in [-0.2, -0.15) is 0 Å². The molecular weight excluding hydrogens is 769 g/mol. The van der Waals surface area contributed by atoms with E-state index in [4.69, 9.17) is 19.4 Å². The van der Waals surface area contributed by atoms with Gasteiger partial charge in [-0.1, -0.05) is 98.8 Å². The van der Waals surface area contributed by atoms with E-state index in [1.165, 1.54) is 79.2 Å². The van der Waals surface area contributed by atoms with Crippen molar-refractivity contribution < 1.29 is 5.79 Å². The first-order valence-electron chi connectivity index (χ1n) is 23.8. The smallest absolute Gasteiger partial charge is 0.227 e. The fraction of sp³-hybridized carbons (Fsp3) is 0.345. The van der Waals surface area contributed by atoms with E-state index in [0.29, 0.717) is 16.5 Å². The number of rotatable bonds is 13. The zero-order chi connectivity index (χ0) is 43.5. The molecule has 3 aromatic carbocycles. The Balaban J connectivity index is 0.879. The molecule has 0 aliphatic heterocycles. The van der Waals surface area contributed by atoms with Crippen LogP contribution < -0.4 is 0 Å². The molecule has 5 heterocycles. The molecule has 12 rings (SSSR count). The van der Waals surface area contributed by atoms with E-state index in [1.54, 1.807) is 0 Å². The minimum Gasteiger partial charge on any atom is -0.437 e. The summed E-state index contributed by atoms with van der Waals surface area (Å²) in [6, 6.07) is 42.7. The number of hydrogen-bond donors (Lipinski definition) is 0. The maximum absolute atomic E-state index is 9.43. The first-order chi connectivity index (χ1) is 31.0. The number of fused-ring (bicyclic) bond motifs is 3. The first-order valence-corrected chi connectivity index (χ1v) is 23.3. The number of hydrogen-bond acceptors (Lipinski definition) is 5. The number of para-hydroxylation sites is 1. The van der Waals surface area contributed by atoms with Crippen molar-refractivity contribution in [2.75, 3.05) is 0 Å². The summed E-state index contributed by atoms with van der Waals surface area (Å²) in [7, 11) is 0. The third-order valence-electron chi connectivity index (χ3n) is 15.3. The Hall–Kier alpha value is -5.94. The van der Waals surface area contributed by atoms with Crippen LogP contribution in [0.25, 0.3) is 55.8 Å². The number of aryl methyl sites for hydroxylation is 4. The molecule has 0 radical (unpaired) electrons. The number of pyridine rings is 4. The maximum Gasteiger partial charge on any atom is 0.227 e. The van der Waals surface area contributed by atoms with Gasteiger partial charge in [0.05, 0.1) is 17.1 Å². The molecule has 4 aliphatic carbocycles. The van der Waals surface area contributed by atoms with Crippen LogP contribution in [-0.4, -0.2) is 19.9 Å². The fourth-order valence-corrected chi connectivity index (χ4v) is 13.1. The van der Waals surface area contributed by atoms with Gasteiger partial charge in [0.2, 0.25) is 5.71 Å². The Labute approximate surface area is 373 Å². The monoisotopic (exact) mass is 827 g/mol. The van der Waals surface area contributed by atoms with E-state index >= 15 is 0 Å². The van der Waals surface area contributed by atoms with Gasteiger partial charge in [-0.15, -0.1) is 0 Å². The molecule has 4 fully saturated rings. The summed E-state index contributed by atoms with van der Waals surface area (Å²) in [6.07, 6.45) is 21.0. The highest BCUT2D eigenvalue weighted by Gasteiger charge is 2.62. The molecule has 2 unspecified atom stereocenters. The Bertz CT molecular complexity index is 2850. The molecule has 0 N–H and O–H groups in total. The van der Waals surface area contributed by atoms with E-state index in [0.717, 1.165) is 81.9 Å². The van der Waals surface area contributed by atoms with Gasteiger partial charge in [0.25, 0.3) is 0 Å². The molecule has 8 aromatic rings. The predicted octanol–water partition coefficient (Wildman–Crippen LogP) is 14.8. The second kappa shape index (κ2) is 16.0. The van der Waals surface area contributed by atoms with Crippen molar-refractivity contribution in [3.63, 3.8) is 0 Å². The van der Waals surface area contributed by atoms with Gasteiger partial charge < -0.3 is 4.42 Å². The average Bonchev–Trinajstić information content (AvgIpc) is 3.68. The summed E-state index contributed by atoms with van der Waals surface area (Å²) in [6.45, 7) is 6.05. The van der Waals surface area contributed by atoms with Gasteiger partial charge in [0.1, 0.15) is 5.58 Å². The van der Waals surface area contributed by atoms with E-state index in [2.05, 4.69) is 139 Å². The summed E-state index contributed by atoms with van der Waals surface area (Å²) in [4.78, 5) is 19.7. The van der Waals surface area contributed by atoms with E-state index < -0.39 is 5.89 Å². The normalized spacial score (nSPS) is 23.1. The van der Waals surface area contributed by atoms with Crippen LogP contribution in [0.2, 0.25) is 0 Å². The number of nitrogens with zero attached hydrogens (tertiary/aromatic N) is 4. The largest absolute Gasteiger partial charge is 0.437 e. The predicted molar refractivity (Wildman–Crippen MR) is 256 cm³/mol. The Kier molecular flexibility index (Phi) is 9.83. The lowest BCUT2D eigenvalue weighted by Crippen LogP contribution is -2.57. The van der Waals surface area contributed by atoms with Gasteiger partial charge in [0, 0.05) is 53.1 Å². The fourth-order valence-electron chi connectivity index (χ4n) is 13.1. The van der Waals surface area contributed by atoms with Crippen LogP contribution in [0.3, 0.4) is 0 Å². The van der Waals surface area contributed by atoms with Gasteiger partial charge in [-0.3, -0.25) is 15.0 Å². The number of benzene rings is 3. The van der Waals surface area contributed by atoms with Gasteiger partial charge >= 0.3 is 0 Å². The SMILES string of the molecule is [2H]C(C)(C)c1cc(-c2cccc3c2oc2nc(C)ccc23)ncc1CCC12CC3CC(CCc4ccc(-c5ccccc5)nc4)(CC(CCc4ccc(-c5ccccc5)nc4)(C3)C1)C2. The second-order valence-corrected chi connectivity index (χ2v) is 20.2. The standard InChI is InChI=1S/C58H58N4O/c1-39(2)50-29-53(49-16-10-15-47-48-20-17-40(3)62-55(48)63-54(47)49)61-35-46(50)25-28-58-32-43-30-56(37-58,26-23-41-18-21-51(59-33-41)44-11-6-4-7-12-44)36-57(31-43,38-58)27-24-42-19-22-52(60-34-42)45-13-8-5-9-14-45/h4-22,29,33-35,39,43H,23-28,30-32,36-38H2,1-3H3/i39D. The Morgan fingerprint density at radius 3 is 1.73 bits per heavy atom. The molecule has 0 spiro atoms. The highest BCUT2D eigenvalue weighted by atomic mass is 16.3. The van der Waals surface area contributed by atoms with Crippen molar-refractivity contribution >= 4 is 22.1 Å². The minimum absolute atomic E-state index is 0.275. The van der Waals surface area contributed by atoms with E-state index in [1.807, 2.05) is 26.8 Å². The van der Waals surface area contributed by atoms with Crippen LogP contribution >= 0.6 is 0 Å². The van der Waals surface area contributed by atoms with Crippen molar-refractivity contribution in [1.82, 2.24) is 19.9 Å². The van der Waals surface area contributed by atoms with Crippen molar-refractivity contribution in [2.45, 2.75) is 104 Å². The van der Waals surface area contributed by atoms with Crippen LogP contribution in [0.4, 0.5) is 0 Å². The van der Waals surface area contributed by atoms with Gasteiger partial charge in [-0.25, -0.2) is 4.98 Å². The van der Waals surface area contributed by atoms with Crippen LogP contribution in [0.5, 0.6) is 0 Å². The lowest BCUT2D eigenvalue weighted by atomic mass is 9.37. The first kappa shape index (κ1) is 38.7. The molecule has 316 valence electrons. The molecule has 5 aromatic heterocycles. The molecule has 4 bridgehead atoms. The lowest BCUT2D eigenvalue weighted by Gasteiger charge is -2.67. The van der Waals surface area contributed by atoms with Crippen molar-refractivity contribution in [2.24, 2.45) is 22.2 Å². The molecule has 4 saturated carbocycles. The van der Waals surface area contributed by atoms with Gasteiger partial charge in [-0.05, 0) is 171 Å². The lowest BCUT2D eigenvalue weighted by molar-refractivity contribution is -0.166. The molecule has 5 heteroatoms. The van der Waals surface area contributed by atoms with Crippen molar-refractivity contribution in [3.8, 4) is 33.8 Å². The molecule has 2 atom stereocenters. The number of aromatic nitrogens is 4. The molecular formula is C58H58N4O. The van der Waals surface area contributed by atoms with Gasteiger partial charge in [0.15, 0.2) is 0 Å². The highest BCUT2D eigenvalue weighted by molar-refractivity contribution is 6.08. The van der Waals surface area contributed by atoms with Crippen molar-refractivity contribution in [1.29, 1.82) is 0 Å². The second-order valence-electron chi connectivity index (χ2n) is 20.2. The average molecular weight is 828 g/mol. The van der Waals surface area contributed by atoms with Crippen LogP contribution in [0, 0.1) is 29.1 Å². The number of furan rings is 1. The summed E-state index contributed by atoms with van der Waals surface area (Å²) in [5, 5.41) is 2.06. The molecule has 4 aliphatic rings. The summed E-state index contributed by atoms with van der Waals surface area (Å²) in [5.74, 6) is -0.0328. The van der Waals surface area contributed by atoms with Crippen LogP contribution in [0.15, 0.2) is 144 Å². The van der Waals surface area contributed by atoms with E-state index in [9.17, 15) is 1.37 Å². The zero-order valence-electron chi connectivity index (χ0n) is 38.0. The molecule has 63 heavy (non-hydrogen) atoms. The Morgan fingerprint density at radius 1 is 0.603 bits per heavy atom. The van der Waals surface area contributed by atoms with Crippen LogP contribution in [-0.2, 0) is 19.3 Å². The molecule has 0 amide bonds. The van der Waals surface area contributed by atoms with Crippen molar-refractivity contribution in [3.05, 3.63) is 168 Å². The summed E-state index contributed by atoms with van der Waals surface area (Å²) in [5.41, 5.74) is 14.5. The third kappa shape index (κ3) is 7.79. The Morgan fingerprint density at radius 2 is 1.17 bits per heavy atom. The van der Waals surface area contributed by atoms with Crippen LogP contribution in [0.1, 0.15) is 107 Å². The summed E-state index contributed by atoms with van der Waals surface area (Å²) >= 11 is 0. The third-order valence-corrected chi connectivity index (χ3v) is 15.3. The molecule has 5 nitrogen and oxygen atoms in total. The maximum atomic E-state index is 9.43. The quantitative estimate of drug-likeness (QED) is 0.116. The van der Waals surface area contributed by atoms with E-state index in [-0.39, 0.29) is 5.41 Å². The minimum atomic E-state index is -0.786. The highest BCUT2D eigenvalue weighted by Crippen LogP contribution is 2.73.